The molecule has 0 aliphatic heterocycles. The predicted octanol–water partition coefficient (Wildman–Crippen LogP) is 3.20. The average molecular weight is 262 g/mol. The van der Waals surface area contributed by atoms with E-state index in [2.05, 4.69) is 18.7 Å². The van der Waals surface area contributed by atoms with Gasteiger partial charge in [-0.25, -0.2) is 0 Å². The molecule has 0 saturated heterocycles. The Morgan fingerprint density at radius 2 is 1.81 bits per heavy atom. The summed E-state index contributed by atoms with van der Waals surface area (Å²) in [7, 11) is 0. The maximum Gasteiger partial charge on any atom is 0.0558 e. The summed E-state index contributed by atoms with van der Waals surface area (Å²) in [6, 6.07) is 5.85. The minimum atomic E-state index is 0.139. The summed E-state index contributed by atoms with van der Waals surface area (Å²) in [4.78, 5) is 2.13. The van der Waals surface area contributed by atoms with E-state index < -0.39 is 0 Å². The fraction of sp³-hybridized carbons (Fsp3) is 0.500. The number of hydrogen-bond acceptors (Lipinski definition) is 2. The lowest BCUT2D eigenvalue weighted by Crippen LogP contribution is -2.33. The first kappa shape index (κ1) is 13.8. The smallest absolute Gasteiger partial charge is 0.0558 e. The van der Waals surface area contributed by atoms with Crippen molar-refractivity contribution >= 4 is 23.2 Å². The van der Waals surface area contributed by atoms with Gasteiger partial charge in [0.15, 0.2) is 0 Å². The number of rotatable bonds is 5. The molecule has 0 amide bonds. The molecule has 1 aromatic carbocycles. The Morgan fingerprint density at radius 3 is 2.25 bits per heavy atom. The third kappa shape index (κ3) is 3.63. The first-order valence-electron chi connectivity index (χ1n) is 5.34. The van der Waals surface area contributed by atoms with E-state index in [9.17, 15) is 0 Å². The normalized spacial score (nSPS) is 11.4. The zero-order chi connectivity index (χ0) is 12.1. The van der Waals surface area contributed by atoms with Gasteiger partial charge in [-0.15, -0.1) is 0 Å². The van der Waals surface area contributed by atoms with E-state index in [1.54, 1.807) is 0 Å². The summed E-state index contributed by atoms with van der Waals surface area (Å²) in [5.41, 5.74) is 0.924. The Kier molecular flexibility index (Phi) is 5.56. The van der Waals surface area contributed by atoms with Gasteiger partial charge in [-0.2, -0.15) is 0 Å². The topological polar surface area (TPSA) is 23.5 Å². The second kappa shape index (κ2) is 6.45. The molecule has 0 spiro atoms. The number of aliphatic hydroxyl groups is 1. The predicted molar refractivity (Wildman–Crippen MR) is 69.1 cm³/mol. The van der Waals surface area contributed by atoms with Crippen LogP contribution in [0.1, 0.15) is 19.4 Å². The van der Waals surface area contributed by atoms with Crippen molar-refractivity contribution in [2.75, 3.05) is 13.2 Å². The van der Waals surface area contributed by atoms with E-state index in [4.69, 9.17) is 28.3 Å². The van der Waals surface area contributed by atoms with E-state index in [0.29, 0.717) is 29.2 Å². The third-order valence-electron chi connectivity index (χ3n) is 2.54. The summed E-state index contributed by atoms with van der Waals surface area (Å²) in [5, 5.41) is 10.3. The molecule has 1 rings (SSSR count). The molecule has 0 heterocycles. The van der Waals surface area contributed by atoms with Gasteiger partial charge in [-0.1, -0.05) is 29.3 Å². The Hall–Kier alpha value is -0.280. The van der Waals surface area contributed by atoms with Gasteiger partial charge >= 0.3 is 0 Å². The van der Waals surface area contributed by atoms with Crippen molar-refractivity contribution in [1.82, 2.24) is 4.90 Å². The molecule has 0 aliphatic carbocycles. The number of hydrogen-bond donors (Lipinski definition) is 1. The van der Waals surface area contributed by atoms with Crippen molar-refractivity contribution in [3.8, 4) is 0 Å². The largest absolute Gasteiger partial charge is 0.395 e. The molecule has 0 saturated carbocycles. The fourth-order valence-corrected chi connectivity index (χ4v) is 2.05. The van der Waals surface area contributed by atoms with E-state index >= 15 is 0 Å². The van der Waals surface area contributed by atoms with Gasteiger partial charge in [0.1, 0.15) is 0 Å². The van der Waals surface area contributed by atoms with Crippen LogP contribution in [0.15, 0.2) is 18.2 Å². The van der Waals surface area contributed by atoms with Crippen molar-refractivity contribution < 1.29 is 5.11 Å². The highest BCUT2D eigenvalue weighted by molar-refractivity contribution is 6.35. The van der Waals surface area contributed by atoms with Crippen LogP contribution in [0.4, 0.5) is 0 Å². The Labute approximate surface area is 107 Å². The van der Waals surface area contributed by atoms with Crippen molar-refractivity contribution in [2.45, 2.75) is 26.4 Å². The third-order valence-corrected chi connectivity index (χ3v) is 3.25. The molecule has 4 heteroatoms. The molecule has 0 bridgehead atoms. The van der Waals surface area contributed by atoms with Crippen LogP contribution in [-0.2, 0) is 6.54 Å². The molecule has 0 atom stereocenters. The van der Waals surface area contributed by atoms with Gasteiger partial charge in [-0.3, -0.25) is 4.90 Å². The van der Waals surface area contributed by atoms with Gasteiger partial charge in [0, 0.05) is 34.7 Å². The number of halogens is 2. The molecule has 0 fully saturated rings. The zero-order valence-corrected chi connectivity index (χ0v) is 11.1. The van der Waals surface area contributed by atoms with Gasteiger partial charge in [-0.05, 0) is 26.0 Å². The molecule has 0 radical (unpaired) electrons. The highest BCUT2D eigenvalue weighted by Gasteiger charge is 2.13. The van der Waals surface area contributed by atoms with E-state index in [0.717, 1.165) is 5.56 Å². The lowest BCUT2D eigenvalue weighted by atomic mass is 10.2. The summed E-state index contributed by atoms with van der Waals surface area (Å²) in [6.07, 6.45) is 0. The highest BCUT2D eigenvalue weighted by Crippen LogP contribution is 2.26. The molecule has 16 heavy (non-hydrogen) atoms. The van der Waals surface area contributed by atoms with Crippen LogP contribution in [0.2, 0.25) is 10.0 Å². The highest BCUT2D eigenvalue weighted by atomic mass is 35.5. The Balaban J connectivity index is 2.84. The second-order valence-corrected chi connectivity index (χ2v) is 4.80. The number of nitrogens with zero attached hydrogens (tertiary/aromatic N) is 1. The van der Waals surface area contributed by atoms with Crippen LogP contribution >= 0.6 is 23.2 Å². The minimum Gasteiger partial charge on any atom is -0.395 e. The summed E-state index contributed by atoms with van der Waals surface area (Å²) >= 11 is 12.2. The van der Waals surface area contributed by atoms with Gasteiger partial charge in [0.25, 0.3) is 0 Å². The molecule has 0 unspecified atom stereocenters. The van der Waals surface area contributed by atoms with Crippen molar-refractivity contribution in [3.05, 3.63) is 33.8 Å². The average Bonchev–Trinajstić information content (AvgIpc) is 2.21. The maximum absolute atomic E-state index is 8.99. The number of aliphatic hydroxyl groups excluding tert-OH is 1. The lowest BCUT2D eigenvalue weighted by molar-refractivity contribution is 0.159. The first-order chi connectivity index (χ1) is 7.56. The standard InChI is InChI=1S/C12H17Cl2NO/c1-9(2)15(6-7-16)8-10-11(13)4-3-5-12(10)14/h3-5,9,16H,6-8H2,1-2H3. The molecule has 2 nitrogen and oxygen atoms in total. The zero-order valence-electron chi connectivity index (χ0n) is 9.58. The molecule has 1 aromatic rings. The van der Waals surface area contributed by atoms with Crippen LogP contribution in [0.25, 0.3) is 0 Å². The molecule has 0 aromatic heterocycles. The van der Waals surface area contributed by atoms with Crippen LogP contribution in [0.3, 0.4) is 0 Å². The van der Waals surface area contributed by atoms with Gasteiger partial charge < -0.3 is 5.11 Å². The molecule has 90 valence electrons. The Morgan fingerprint density at radius 1 is 1.25 bits per heavy atom. The second-order valence-electron chi connectivity index (χ2n) is 3.99. The van der Waals surface area contributed by atoms with E-state index in [-0.39, 0.29) is 6.61 Å². The van der Waals surface area contributed by atoms with Crippen molar-refractivity contribution in [3.63, 3.8) is 0 Å². The minimum absolute atomic E-state index is 0.139. The fourth-order valence-electron chi connectivity index (χ4n) is 1.53. The van der Waals surface area contributed by atoms with Gasteiger partial charge in [0.05, 0.1) is 6.61 Å². The Bertz CT molecular complexity index is 322. The molecular weight excluding hydrogens is 245 g/mol. The first-order valence-corrected chi connectivity index (χ1v) is 6.09. The summed E-state index contributed by atoms with van der Waals surface area (Å²) < 4.78 is 0. The summed E-state index contributed by atoms with van der Waals surface area (Å²) in [6.45, 7) is 5.59. The number of benzene rings is 1. The monoisotopic (exact) mass is 261 g/mol. The molecule has 0 aliphatic rings. The van der Waals surface area contributed by atoms with Gasteiger partial charge in [0.2, 0.25) is 0 Å². The quantitative estimate of drug-likeness (QED) is 0.880. The van der Waals surface area contributed by atoms with Crippen LogP contribution in [0, 0.1) is 0 Å². The van der Waals surface area contributed by atoms with Crippen LogP contribution in [-0.4, -0.2) is 29.2 Å². The maximum atomic E-state index is 8.99. The SMILES string of the molecule is CC(C)N(CCO)Cc1c(Cl)cccc1Cl. The molecular formula is C12H17Cl2NO. The van der Waals surface area contributed by atoms with Crippen LogP contribution < -0.4 is 0 Å². The van der Waals surface area contributed by atoms with Crippen LogP contribution in [0.5, 0.6) is 0 Å². The van der Waals surface area contributed by atoms with E-state index in [1.165, 1.54) is 0 Å². The van der Waals surface area contributed by atoms with Crippen molar-refractivity contribution in [2.24, 2.45) is 0 Å². The van der Waals surface area contributed by atoms with E-state index in [1.807, 2.05) is 18.2 Å². The summed E-state index contributed by atoms with van der Waals surface area (Å²) in [5.74, 6) is 0. The molecule has 1 N–H and O–H groups in total. The van der Waals surface area contributed by atoms with Crippen molar-refractivity contribution in [1.29, 1.82) is 0 Å². The lowest BCUT2D eigenvalue weighted by Gasteiger charge is -2.26.